The molecule has 1 nitrogen and oxygen atoms in total. The Bertz CT molecular complexity index is 330. The van der Waals surface area contributed by atoms with E-state index in [4.69, 9.17) is 0 Å². The molecule has 5 rings (SSSR count). The van der Waals surface area contributed by atoms with Crippen LogP contribution in [0, 0.1) is 28.1 Å². The third-order valence-corrected chi connectivity index (χ3v) is 7.36. The van der Waals surface area contributed by atoms with Gasteiger partial charge in [0.15, 0.2) is 0 Å². The number of hydrogen-bond acceptors (Lipinski definition) is 1. The second-order valence-corrected chi connectivity index (χ2v) is 7.51. The fraction of sp³-hybridized carbons (Fsp3) is 1.00. The molecule has 1 heteroatoms. The quantitative estimate of drug-likeness (QED) is 0.648. The van der Waals surface area contributed by atoms with Crippen molar-refractivity contribution in [2.45, 2.75) is 59.5 Å². The van der Waals surface area contributed by atoms with E-state index in [9.17, 15) is 5.11 Å². The van der Waals surface area contributed by atoms with Gasteiger partial charge in [-0.15, -0.1) is 0 Å². The molecule has 0 radical (unpaired) electrons. The molecule has 5 atom stereocenters. The molecule has 0 aromatic rings. The molecular weight excluding hydrogens is 184 g/mol. The summed E-state index contributed by atoms with van der Waals surface area (Å²) in [6.45, 7) is 11.5. The standard InChI is InChI=1S/C14H24O/c1-11(2)10-8-12(3)7-6-9(10)13(11,4)14(12,5)15/h9-10,15H,6-8H2,1-5H3. The molecule has 5 aliphatic rings. The van der Waals surface area contributed by atoms with Gasteiger partial charge in [-0.05, 0) is 48.9 Å². The van der Waals surface area contributed by atoms with E-state index in [-0.39, 0.29) is 10.8 Å². The topological polar surface area (TPSA) is 20.2 Å². The first kappa shape index (κ1) is 10.1. The Morgan fingerprint density at radius 2 is 1.60 bits per heavy atom. The van der Waals surface area contributed by atoms with Crippen molar-refractivity contribution in [3.8, 4) is 0 Å². The monoisotopic (exact) mass is 208 g/mol. The molecule has 5 unspecified atom stereocenters. The number of rotatable bonds is 0. The molecule has 0 aromatic carbocycles. The summed E-state index contributed by atoms with van der Waals surface area (Å²) in [6, 6.07) is 0. The molecule has 0 amide bonds. The summed E-state index contributed by atoms with van der Waals surface area (Å²) in [4.78, 5) is 0. The zero-order chi connectivity index (χ0) is 11.3. The Labute approximate surface area is 93.3 Å². The smallest absolute Gasteiger partial charge is 0.0734 e. The Morgan fingerprint density at radius 1 is 1.00 bits per heavy atom. The highest BCUT2D eigenvalue weighted by atomic mass is 16.3. The maximum atomic E-state index is 11.0. The first-order valence-corrected chi connectivity index (χ1v) is 6.41. The van der Waals surface area contributed by atoms with Gasteiger partial charge in [0.2, 0.25) is 0 Å². The lowest BCUT2D eigenvalue weighted by molar-refractivity contribution is -0.381. The van der Waals surface area contributed by atoms with Crippen molar-refractivity contribution in [3.05, 3.63) is 0 Å². The highest BCUT2D eigenvalue weighted by Gasteiger charge is 2.80. The number of aliphatic hydroxyl groups is 1. The minimum atomic E-state index is -0.471. The van der Waals surface area contributed by atoms with Crippen LogP contribution in [0.1, 0.15) is 53.9 Å². The Hall–Kier alpha value is -0.0400. The highest BCUT2D eigenvalue weighted by Crippen LogP contribution is 2.82. The molecule has 15 heavy (non-hydrogen) atoms. The lowest BCUT2D eigenvalue weighted by atomic mass is 9.23. The molecular formula is C14H24O. The normalized spacial score (nSPS) is 65.2. The summed E-state index contributed by atoms with van der Waals surface area (Å²) < 4.78 is 0. The van der Waals surface area contributed by atoms with Crippen LogP contribution in [0.25, 0.3) is 0 Å². The van der Waals surface area contributed by atoms with Crippen molar-refractivity contribution in [2.24, 2.45) is 28.1 Å². The van der Waals surface area contributed by atoms with Crippen molar-refractivity contribution in [1.82, 2.24) is 0 Å². The molecule has 86 valence electrons. The Balaban J connectivity index is 2.18. The van der Waals surface area contributed by atoms with E-state index < -0.39 is 5.60 Å². The molecule has 0 spiro atoms. The van der Waals surface area contributed by atoms with Crippen LogP contribution in [0.3, 0.4) is 0 Å². The number of hydrogen-bond donors (Lipinski definition) is 1. The van der Waals surface area contributed by atoms with Gasteiger partial charge in [0.25, 0.3) is 0 Å². The fourth-order valence-electron chi connectivity index (χ4n) is 5.68. The minimum Gasteiger partial charge on any atom is -0.389 e. The van der Waals surface area contributed by atoms with Crippen LogP contribution < -0.4 is 0 Å². The van der Waals surface area contributed by atoms with Crippen molar-refractivity contribution in [1.29, 1.82) is 0 Å². The lowest BCUT2D eigenvalue weighted by Crippen LogP contribution is -2.81. The van der Waals surface area contributed by atoms with E-state index in [1.807, 2.05) is 0 Å². The van der Waals surface area contributed by atoms with Gasteiger partial charge in [-0.2, -0.15) is 0 Å². The predicted molar refractivity (Wildman–Crippen MR) is 61.4 cm³/mol. The molecule has 1 N–H and O–H groups in total. The van der Waals surface area contributed by atoms with E-state index in [0.29, 0.717) is 5.41 Å². The molecule has 0 aliphatic heterocycles. The van der Waals surface area contributed by atoms with E-state index in [0.717, 1.165) is 11.8 Å². The Morgan fingerprint density at radius 3 is 2.13 bits per heavy atom. The number of fused-ring (bicyclic) bond motifs is 1. The maximum absolute atomic E-state index is 11.0. The molecule has 5 aliphatic carbocycles. The largest absolute Gasteiger partial charge is 0.389 e. The lowest BCUT2D eigenvalue weighted by Gasteiger charge is -2.82. The van der Waals surface area contributed by atoms with E-state index >= 15 is 0 Å². The van der Waals surface area contributed by atoms with Gasteiger partial charge in [0, 0.05) is 5.41 Å². The highest BCUT2D eigenvalue weighted by molar-refractivity contribution is 5.28. The molecule has 0 saturated heterocycles. The summed E-state index contributed by atoms with van der Waals surface area (Å²) in [5.74, 6) is 1.64. The maximum Gasteiger partial charge on any atom is 0.0734 e. The van der Waals surface area contributed by atoms with Crippen LogP contribution >= 0.6 is 0 Å². The summed E-state index contributed by atoms with van der Waals surface area (Å²) in [6.07, 6.45) is 3.82. The predicted octanol–water partition coefficient (Wildman–Crippen LogP) is 3.22. The van der Waals surface area contributed by atoms with Gasteiger partial charge in [-0.3, -0.25) is 0 Å². The second-order valence-electron chi connectivity index (χ2n) is 7.51. The van der Waals surface area contributed by atoms with Crippen LogP contribution in [0.2, 0.25) is 0 Å². The van der Waals surface area contributed by atoms with Gasteiger partial charge in [0.1, 0.15) is 0 Å². The zero-order valence-electron chi connectivity index (χ0n) is 10.7. The van der Waals surface area contributed by atoms with E-state index in [2.05, 4.69) is 34.6 Å². The first-order chi connectivity index (χ1) is 6.68. The molecule has 0 heterocycles. The fourth-order valence-corrected chi connectivity index (χ4v) is 5.68. The van der Waals surface area contributed by atoms with Crippen LogP contribution in [0.15, 0.2) is 0 Å². The van der Waals surface area contributed by atoms with Crippen LogP contribution in [0.4, 0.5) is 0 Å². The second kappa shape index (κ2) is 2.16. The average molecular weight is 208 g/mol. The van der Waals surface area contributed by atoms with Crippen LogP contribution in [-0.4, -0.2) is 10.7 Å². The van der Waals surface area contributed by atoms with Gasteiger partial charge < -0.3 is 5.11 Å². The first-order valence-electron chi connectivity index (χ1n) is 6.41. The van der Waals surface area contributed by atoms with Gasteiger partial charge >= 0.3 is 0 Å². The molecule has 0 aromatic heterocycles. The summed E-state index contributed by atoms with van der Waals surface area (Å²) in [5, 5.41) is 11.0. The van der Waals surface area contributed by atoms with E-state index in [1.54, 1.807) is 0 Å². The molecule has 5 saturated carbocycles. The average Bonchev–Trinajstić information content (AvgIpc) is 2.13. The van der Waals surface area contributed by atoms with Crippen molar-refractivity contribution in [2.75, 3.05) is 0 Å². The van der Waals surface area contributed by atoms with Gasteiger partial charge in [-0.25, -0.2) is 0 Å². The summed E-state index contributed by atoms with van der Waals surface area (Å²) in [7, 11) is 0. The summed E-state index contributed by atoms with van der Waals surface area (Å²) >= 11 is 0. The van der Waals surface area contributed by atoms with Gasteiger partial charge in [0.05, 0.1) is 5.60 Å². The van der Waals surface area contributed by atoms with Crippen LogP contribution in [-0.2, 0) is 0 Å². The third kappa shape index (κ3) is 0.686. The van der Waals surface area contributed by atoms with Crippen LogP contribution in [0.5, 0.6) is 0 Å². The zero-order valence-corrected chi connectivity index (χ0v) is 10.7. The third-order valence-electron chi connectivity index (χ3n) is 7.36. The van der Waals surface area contributed by atoms with Crippen molar-refractivity contribution < 1.29 is 5.11 Å². The minimum absolute atomic E-state index is 0.149. The van der Waals surface area contributed by atoms with Crippen molar-refractivity contribution >= 4 is 0 Å². The van der Waals surface area contributed by atoms with E-state index in [1.165, 1.54) is 19.3 Å². The molecule has 5 fully saturated rings. The SMILES string of the molecule is CC12CCC3C(C1)C(C)(C)C3(C)C2(C)O. The van der Waals surface area contributed by atoms with Crippen molar-refractivity contribution in [3.63, 3.8) is 0 Å². The summed E-state index contributed by atoms with van der Waals surface area (Å²) in [5.41, 5.74) is 0.189. The van der Waals surface area contributed by atoms with Gasteiger partial charge in [-0.1, -0.05) is 27.7 Å². The Kier molecular flexibility index (Phi) is 1.46. The molecule has 4 bridgehead atoms.